The Morgan fingerprint density at radius 3 is 2.32 bits per heavy atom. The first kappa shape index (κ1) is 24.8. The molecule has 0 aliphatic heterocycles. The van der Waals surface area contributed by atoms with Crippen molar-refractivity contribution in [1.82, 2.24) is 14.5 Å². The zero-order valence-corrected chi connectivity index (χ0v) is 19.8. The first-order valence-electron chi connectivity index (χ1n) is 11.2. The van der Waals surface area contributed by atoms with Gasteiger partial charge < -0.3 is 15.4 Å². The quantitative estimate of drug-likeness (QED) is 0.474. The smallest absolute Gasteiger partial charge is 0.330 e. The van der Waals surface area contributed by atoms with Gasteiger partial charge in [0.1, 0.15) is 11.6 Å². The summed E-state index contributed by atoms with van der Waals surface area (Å²) in [6.07, 6.45) is 0. The maximum Gasteiger partial charge on any atom is 0.330 e. The van der Waals surface area contributed by atoms with Gasteiger partial charge >= 0.3 is 5.69 Å². The van der Waals surface area contributed by atoms with Crippen LogP contribution in [0.1, 0.15) is 25.0 Å². The highest BCUT2D eigenvalue weighted by Crippen LogP contribution is 2.18. The Bertz CT molecular complexity index is 1220. The molecule has 0 unspecified atom stereocenters. The third kappa shape index (κ3) is 5.93. The molecule has 1 aromatic heterocycles. The molecule has 0 spiro atoms. The van der Waals surface area contributed by atoms with Gasteiger partial charge in [-0.3, -0.25) is 24.0 Å². The molecule has 0 atom stereocenters. The van der Waals surface area contributed by atoms with Gasteiger partial charge in [0.15, 0.2) is 5.69 Å². The number of carbonyl (C=O) groups is 1. The number of nitrogens with two attached hydrogens (primary N) is 1. The molecule has 0 saturated carbocycles. The van der Waals surface area contributed by atoms with Crippen molar-refractivity contribution < 1.29 is 9.53 Å². The molecular formula is C25H31N5O4. The Balaban J connectivity index is 1.79. The molecule has 0 bridgehead atoms. The number of hydrogen-bond donors (Lipinski definition) is 2. The molecule has 0 saturated heterocycles. The van der Waals surface area contributed by atoms with Crippen molar-refractivity contribution in [1.29, 1.82) is 0 Å². The van der Waals surface area contributed by atoms with Gasteiger partial charge in [-0.2, -0.15) is 0 Å². The number of amides is 1. The average Bonchev–Trinajstić information content (AvgIpc) is 2.81. The van der Waals surface area contributed by atoms with Crippen molar-refractivity contribution in [3.63, 3.8) is 0 Å². The molecule has 0 aliphatic rings. The van der Waals surface area contributed by atoms with Gasteiger partial charge in [-0.15, -0.1) is 0 Å². The summed E-state index contributed by atoms with van der Waals surface area (Å²) in [6, 6.07) is 17.0. The second-order valence-corrected chi connectivity index (χ2v) is 7.95. The topological polar surface area (TPSA) is 114 Å². The lowest BCUT2D eigenvalue weighted by Gasteiger charge is -2.25. The molecule has 0 aliphatic carbocycles. The Kier molecular flexibility index (Phi) is 8.26. The van der Waals surface area contributed by atoms with E-state index in [9.17, 15) is 14.4 Å². The van der Waals surface area contributed by atoms with Gasteiger partial charge in [-0.05, 0) is 44.2 Å². The molecule has 0 fully saturated rings. The van der Waals surface area contributed by atoms with Crippen molar-refractivity contribution in [3.8, 4) is 5.75 Å². The van der Waals surface area contributed by atoms with Crippen molar-refractivity contribution >= 4 is 17.4 Å². The molecule has 0 radical (unpaired) electrons. The molecule has 1 amide bonds. The van der Waals surface area contributed by atoms with E-state index in [1.54, 1.807) is 6.92 Å². The van der Waals surface area contributed by atoms with E-state index in [1.165, 1.54) is 9.47 Å². The number of hydrogen-bond acceptors (Lipinski definition) is 6. The number of carbonyl (C=O) groups excluding carboxylic acids is 1. The van der Waals surface area contributed by atoms with Gasteiger partial charge in [-0.1, -0.05) is 42.5 Å². The van der Waals surface area contributed by atoms with E-state index in [2.05, 4.69) is 4.98 Å². The first-order valence-corrected chi connectivity index (χ1v) is 11.2. The second kappa shape index (κ2) is 11.3. The summed E-state index contributed by atoms with van der Waals surface area (Å²) in [4.78, 5) is 43.7. The molecular weight excluding hydrogens is 434 g/mol. The van der Waals surface area contributed by atoms with E-state index in [0.29, 0.717) is 13.2 Å². The summed E-state index contributed by atoms with van der Waals surface area (Å²) in [7, 11) is 1.83. The lowest BCUT2D eigenvalue weighted by atomic mass is 10.2. The number of aromatic amines is 1. The van der Waals surface area contributed by atoms with Gasteiger partial charge in [0.25, 0.3) is 5.56 Å². The number of rotatable bonds is 10. The fourth-order valence-corrected chi connectivity index (χ4v) is 3.76. The standard InChI is InChI=1S/C25H31N5O4/c1-4-29(21(31)17-28(3)15-19-11-13-20(14-12-19)34-5-2)22-23(26)30(25(33)27-24(22)32)16-18-9-7-6-8-10-18/h6-14H,4-5,15-17,26H2,1-3H3,(H,27,32,33). The highest BCUT2D eigenvalue weighted by atomic mass is 16.5. The minimum atomic E-state index is -0.684. The predicted octanol–water partition coefficient (Wildman–Crippen LogP) is 2.05. The minimum Gasteiger partial charge on any atom is -0.494 e. The maximum atomic E-state index is 13.1. The van der Waals surface area contributed by atoms with Crippen LogP contribution in [0.15, 0.2) is 64.2 Å². The molecule has 34 heavy (non-hydrogen) atoms. The zero-order valence-electron chi connectivity index (χ0n) is 19.8. The highest BCUT2D eigenvalue weighted by Gasteiger charge is 2.24. The number of nitrogen functional groups attached to an aromatic ring is 1. The van der Waals surface area contributed by atoms with E-state index < -0.39 is 11.2 Å². The van der Waals surface area contributed by atoms with Crippen LogP contribution >= 0.6 is 0 Å². The van der Waals surface area contributed by atoms with E-state index >= 15 is 0 Å². The molecule has 180 valence electrons. The molecule has 2 aromatic carbocycles. The van der Waals surface area contributed by atoms with Gasteiger partial charge in [-0.25, -0.2) is 4.79 Å². The average molecular weight is 466 g/mol. The van der Waals surface area contributed by atoms with Crippen LogP contribution < -0.4 is 26.6 Å². The zero-order chi connectivity index (χ0) is 24.7. The predicted molar refractivity (Wildman–Crippen MR) is 133 cm³/mol. The molecule has 3 rings (SSSR count). The Morgan fingerprint density at radius 2 is 1.71 bits per heavy atom. The maximum absolute atomic E-state index is 13.1. The number of ether oxygens (including phenoxy) is 1. The van der Waals surface area contributed by atoms with Gasteiger partial charge in [0, 0.05) is 13.1 Å². The van der Waals surface area contributed by atoms with E-state index in [1.807, 2.05) is 73.5 Å². The van der Waals surface area contributed by atoms with Crippen molar-refractivity contribution in [3.05, 3.63) is 86.6 Å². The summed E-state index contributed by atoms with van der Waals surface area (Å²) < 4.78 is 6.73. The SMILES string of the molecule is CCOc1ccc(CN(C)CC(=O)N(CC)c2c(N)n(Cc3ccccc3)c(=O)[nH]c2=O)cc1. The third-order valence-electron chi connectivity index (χ3n) is 5.38. The van der Waals surface area contributed by atoms with Crippen LogP contribution in [-0.2, 0) is 17.9 Å². The van der Waals surface area contributed by atoms with E-state index in [4.69, 9.17) is 10.5 Å². The number of H-pyrrole nitrogens is 1. The molecule has 1 heterocycles. The normalized spacial score (nSPS) is 10.9. The van der Waals surface area contributed by atoms with Crippen LogP contribution in [0.2, 0.25) is 0 Å². The summed E-state index contributed by atoms with van der Waals surface area (Å²) in [6.45, 7) is 5.30. The number of nitrogens with one attached hydrogen (secondary N) is 1. The molecule has 9 heteroatoms. The van der Waals surface area contributed by atoms with Crippen molar-refractivity contribution in [2.45, 2.75) is 26.9 Å². The molecule has 3 N–H and O–H groups in total. The van der Waals surface area contributed by atoms with Crippen LogP contribution in [0.25, 0.3) is 0 Å². The lowest BCUT2D eigenvalue weighted by molar-refractivity contribution is -0.119. The van der Waals surface area contributed by atoms with Crippen LogP contribution in [0.4, 0.5) is 11.5 Å². The monoisotopic (exact) mass is 465 g/mol. The Labute approximate surface area is 198 Å². The van der Waals surface area contributed by atoms with Crippen LogP contribution in [0, 0.1) is 0 Å². The van der Waals surface area contributed by atoms with E-state index in [0.717, 1.165) is 16.9 Å². The fourth-order valence-electron chi connectivity index (χ4n) is 3.76. The van der Waals surface area contributed by atoms with E-state index in [-0.39, 0.29) is 37.0 Å². The lowest BCUT2D eigenvalue weighted by Crippen LogP contribution is -2.44. The van der Waals surface area contributed by atoms with Gasteiger partial charge in [0.2, 0.25) is 5.91 Å². The van der Waals surface area contributed by atoms with Crippen molar-refractivity contribution in [2.75, 3.05) is 37.4 Å². The fraction of sp³-hybridized carbons (Fsp3) is 0.320. The molecule has 9 nitrogen and oxygen atoms in total. The number of aromatic nitrogens is 2. The molecule has 3 aromatic rings. The van der Waals surface area contributed by atoms with Crippen LogP contribution in [-0.4, -0.2) is 47.1 Å². The second-order valence-electron chi connectivity index (χ2n) is 7.95. The summed E-state index contributed by atoms with van der Waals surface area (Å²) >= 11 is 0. The number of benzene rings is 2. The summed E-state index contributed by atoms with van der Waals surface area (Å²) in [5.41, 5.74) is 6.81. The van der Waals surface area contributed by atoms with Gasteiger partial charge in [0.05, 0.1) is 19.7 Å². The first-order chi connectivity index (χ1) is 16.3. The third-order valence-corrected chi connectivity index (χ3v) is 5.38. The highest BCUT2D eigenvalue weighted by molar-refractivity contribution is 5.96. The minimum absolute atomic E-state index is 0.0162. The Morgan fingerprint density at radius 1 is 1.03 bits per heavy atom. The largest absolute Gasteiger partial charge is 0.494 e. The number of nitrogens with zero attached hydrogens (tertiary/aromatic N) is 3. The van der Waals surface area contributed by atoms with Crippen LogP contribution in [0.3, 0.4) is 0 Å². The summed E-state index contributed by atoms with van der Waals surface area (Å²) in [5, 5.41) is 0. The van der Waals surface area contributed by atoms with Crippen LogP contribution in [0.5, 0.6) is 5.75 Å². The number of likely N-dealkylation sites (N-methyl/N-ethyl adjacent to an activating group) is 2. The number of anilines is 2. The Hall–Kier alpha value is -3.85. The van der Waals surface area contributed by atoms with Crippen molar-refractivity contribution in [2.24, 2.45) is 0 Å². The summed E-state index contributed by atoms with van der Waals surface area (Å²) in [5.74, 6) is 0.461.